The fraction of sp³-hybridized carbons (Fsp3) is 1.00. The van der Waals surface area contributed by atoms with E-state index in [1.807, 2.05) is 0 Å². The molecule has 0 nitrogen and oxygen atoms in total. The van der Waals surface area contributed by atoms with Gasteiger partial charge in [-0.05, 0) is 0 Å². The molecular formula is C9H18Se2. The van der Waals surface area contributed by atoms with Crippen molar-refractivity contribution in [1.82, 2.24) is 0 Å². The van der Waals surface area contributed by atoms with E-state index in [0.717, 1.165) is 39.0 Å². The third-order valence-electron chi connectivity index (χ3n) is 2.85. The molecule has 1 rings (SSSR count). The van der Waals surface area contributed by atoms with Crippen LogP contribution in [0.1, 0.15) is 32.6 Å². The zero-order valence-electron chi connectivity index (χ0n) is 7.72. The first-order chi connectivity index (χ1) is 5.25. The van der Waals surface area contributed by atoms with Gasteiger partial charge in [-0.1, -0.05) is 0 Å². The Kier molecular flexibility index (Phi) is 3.98. The molecule has 0 N–H and O–H groups in total. The normalized spacial score (nSPS) is 30.3. The Balaban J connectivity index is 2.61. The predicted molar refractivity (Wildman–Crippen MR) is 53.6 cm³/mol. The SMILES string of the molecule is C[Se]C1([Se]C)CCCCC1C. The standard InChI is InChI=1S/C9H18Se2/c1-8-6-4-5-7-9(8,10-2)11-3/h8H,4-7H2,1-3H3. The number of hydrogen-bond acceptors (Lipinski definition) is 0. The molecule has 1 unspecified atom stereocenters. The summed E-state index contributed by atoms with van der Waals surface area (Å²) in [5.74, 6) is 5.92. The first-order valence-corrected chi connectivity index (χ1v) is 9.49. The molecule has 1 atom stereocenters. The van der Waals surface area contributed by atoms with E-state index in [4.69, 9.17) is 0 Å². The van der Waals surface area contributed by atoms with Gasteiger partial charge in [0, 0.05) is 0 Å². The molecule has 1 aliphatic carbocycles. The van der Waals surface area contributed by atoms with Crippen LogP contribution >= 0.6 is 0 Å². The average Bonchev–Trinajstić information content (AvgIpc) is 2.06. The monoisotopic (exact) mass is 286 g/mol. The van der Waals surface area contributed by atoms with Crippen molar-refractivity contribution in [2.45, 2.75) is 47.5 Å². The van der Waals surface area contributed by atoms with Gasteiger partial charge in [0.1, 0.15) is 0 Å². The zero-order chi connectivity index (χ0) is 8.32. The Labute approximate surface area is 83.2 Å². The summed E-state index contributed by atoms with van der Waals surface area (Å²) < 4.78 is 0.845. The van der Waals surface area contributed by atoms with Crippen molar-refractivity contribution in [2.75, 3.05) is 0 Å². The summed E-state index contributed by atoms with van der Waals surface area (Å²) in [6.07, 6.45) is 6.05. The molecule has 0 spiro atoms. The number of rotatable bonds is 2. The van der Waals surface area contributed by atoms with Crippen LogP contribution in [0.3, 0.4) is 0 Å². The Morgan fingerprint density at radius 2 is 1.82 bits per heavy atom. The van der Waals surface area contributed by atoms with Crippen LogP contribution in [0.5, 0.6) is 0 Å². The Morgan fingerprint density at radius 3 is 2.18 bits per heavy atom. The maximum atomic E-state index is 2.48. The molecule has 0 radical (unpaired) electrons. The van der Waals surface area contributed by atoms with Gasteiger partial charge in [0.25, 0.3) is 0 Å². The van der Waals surface area contributed by atoms with Crippen LogP contribution in [0.2, 0.25) is 14.9 Å². The number of hydrogen-bond donors (Lipinski definition) is 0. The first-order valence-electron chi connectivity index (χ1n) is 4.35. The van der Waals surface area contributed by atoms with E-state index in [1.165, 1.54) is 19.3 Å². The van der Waals surface area contributed by atoms with Crippen molar-refractivity contribution in [2.24, 2.45) is 5.92 Å². The fourth-order valence-corrected chi connectivity index (χ4v) is 7.79. The van der Waals surface area contributed by atoms with E-state index in [0.29, 0.717) is 0 Å². The molecule has 0 aromatic rings. The van der Waals surface area contributed by atoms with E-state index in [1.54, 1.807) is 6.42 Å². The van der Waals surface area contributed by atoms with Crippen molar-refractivity contribution in [3.63, 3.8) is 0 Å². The van der Waals surface area contributed by atoms with Crippen LogP contribution in [0.25, 0.3) is 0 Å². The minimum absolute atomic E-state index is 0.845. The van der Waals surface area contributed by atoms with Gasteiger partial charge >= 0.3 is 83.3 Å². The van der Waals surface area contributed by atoms with E-state index < -0.39 is 0 Å². The minimum atomic E-state index is 0.845. The van der Waals surface area contributed by atoms with Crippen molar-refractivity contribution in [3.05, 3.63) is 0 Å². The van der Waals surface area contributed by atoms with Crippen LogP contribution in [-0.4, -0.2) is 29.9 Å². The quantitative estimate of drug-likeness (QED) is 0.684. The van der Waals surface area contributed by atoms with Crippen LogP contribution in [0, 0.1) is 5.92 Å². The summed E-state index contributed by atoms with van der Waals surface area (Å²) in [5.41, 5.74) is 0. The van der Waals surface area contributed by atoms with E-state index >= 15 is 0 Å². The molecule has 0 amide bonds. The Morgan fingerprint density at radius 1 is 1.18 bits per heavy atom. The summed E-state index contributed by atoms with van der Waals surface area (Å²) in [6.45, 7) is 2.48. The molecule has 0 saturated heterocycles. The maximum absolute atomic E-state index is 2.48. The van der Waals surface area contributed by atoms with Gasteiger partial charge in [-0.25, -0.2) is 0 Å². The molecule has 2 heteroatoms. The predicted octanol–water partition coefficient (Wildman–Crippen LogP) is 2.82. The summed E-state index contributed by atoms with van der Waals surface area (Å²) in [6, 6.07) is 0. The van der Waals surface area contributed by atoms with Gasteiger partial charge in [0.05, 0.1) is 0 Å². The second-order valence-electron chi connectivity index (χ2n) is 3.37. The summed E-state index contributed by atoms with van der Waals surface area (Å²) in [7, 11) is 0. The molecule has 0 aromatic heterocycles. The second kappa shape index (κ2) is 4.32. The van der Waals surface area contributed by atoms with Crippen LogP contribution in [-0.2, 0) is 0 Å². The molecule has 1 fully saturated rings. The van der Waals surface area contributed by atoms with Gasteiger partial charge in [-0.2, -0.15) is 0 Å². The third kappa shape index (κ3) is 2.04. The summed E-state index contributed by atoms with van der Waals surface area (Å²) in [5, 5.41) is 0. The summed E-state index contributed by atoms with van der Waals surface area (Å²) in [4.78, 5) is 0. The molecule has 66 valence electrons. The Bertz CT molecular complexity index is 119. The van der Waals surface area contributed by atoms with E-state index in [2.05, 4.69) is 18.6 Å². The molecule has 0 aliphatic heterocycles. The van der Waals surface area contributed by atoms with Gasteiger partial charge in [-0.15, -0.1) is 0 Å². The average molecular weight is 284 g/mol. The van der Waals surface area contributed by atoms with E-state index in [-0.39, 0.29) is 0 Å². The molecule has 1 aliphatic rings. The van der Waals surface area contributed by atoms with Crippen molar-refractivity contribution in [3.8, 4) is 0 Å². The van der Waals surface area contributed by atoms with Crippen LogP contribution in [0.4, 0.5) is 0 Å². The molecule has 0 heterocycles. The topological polar surface area (TPSA) is 0 Å². The molecule has 0 bridgehead atoms. The molecule has 1 saturated carbocycles. The first kappa shape index (κ1) is 10.1. The molecule has 0 aromatic carbocycles. The summed E-state index contributed by atoms with van der Waals surface area (Å²) >= 11 is 1.78. The van der Waals surface area contributed by atoms with Gasteiger partial charge < -0.3 is 0 Å². The van der Waals surface area contributed by atoms with Crippen LogP contribution in [0.15, 0.2) is 0 Å². The van der Waals surface area contributed by atoms with Gasteiger partial charge in [0.15, 0.2) is 0 Å². The third-order valence-corrected chi connectivity index (χ3v) is 11.9. The van der Waals surface area contributed by atoms with Crippen molar-refractivity contribution < 1.29 is 0 Å². The molecular weight excluding hydrogens is 266 g/mol. The van der Waals surface area contributed by atoms with Crippen molar-refractivity contribution >= 4 is 29.9 Å². The molecule has 11 heavy (non-hydrogen) atoms. The van der Waals surface area contributed by atoms with Gasteiger partial charge in [0.2, 0.25) is 0 Å². The fourth-order valence-electron chi connectivity index (χ4n) is 1.98. The van der Waals surface area contributed by atoms with Crippen LogP contribution < -0.4 is 0 Å². The van der Waals surface area contributed by atoms with Crippen molar-refractivity contribution in [1.29, 1.82) is 0 Å². The van der Waals surface area contributed by atoms with Gasteiger partial charge in [-0.3, -0.25) is 0 Å². The zero-order valence-corrected chi connectivity index (χ0v) is 11.1. The Hall–Kier alpha value is 1.04. The second-order valence-corrected chi connectivity index (χ2v) is 9.45. The van der Waals surface area contributed by atoms with E-state index in [9.17, 15) is 0 Å².